The molecule has 7 nitrogen and oxygen atoms in total. The van der Waals surface area contributed by atoms with Crippen molar-refractivity contribution in [3.05, 3.63) is 52.0 Å². The van der Waals surface area contributed by atoms with Crippen molar-refractivity contribution in [3.63, 3.8) is 0 Å². The third-order valence-corrected chi connectivity index (χ3v) is 5.49. The fourth-order valence-electron chi connectivity index (χ4n) is 3.36. The summed E-state index contributed by atoms with van der Waals surface area (Å²) in [7, 11) is 3.11. The molecule has 1 aliphatic heterocycles. The van der Waals surface area contributed by atoms with Crippen molar-refractivity contribution in [2.45, 2.75) is 25.7 Å². The number of ether oxygens (including phenoxy) is 2. The van der Waals surface area contributed by atoms with Crippen molar-refractivity contribution in [1.82, 2.24) is 5.43 Å². The number of hydrogen-bond donors (Lipinski definition) is 1. The predicted molar refractivity (Wildman–Crippen MR) is 119 cm³/mol. The SMILES string of the molecule is COc1cc(OC)c(C=NNC(=O)CCC(=O)N2CCCc3ccccc32)cc1Br. The summed E-state index contributed by atoms with van der Waals surface area (Å²) in [6.45, 7) is 0.682. The number of para-hydroxylation sites is 1. The van der Waals surface area contributed by atoms with E-state index in [0.717, 1.165) is 23.0 Å². The normalized spacial score (nSPS) is 13.1. The molecular formula is C22H24BrN3O4. The molecule has 0 spiro atoms. The lowest BCUT2D eigenvalue weighted by atomic mass is 10.0. The fraction of sp³-hybridized carbons (Fsp3) is 0.318. The van der Waals surface area contributed by atoms with Crippen LogP contribution in [0.2, 0.25) is 0 Å². The van der Waals surface area contributed by atoms with Gasteiger partial charge in [-0.25, -0.2) is 5.43 Å². The number of rotatable bonds is 7. The van der Waals surface area contributed by atoms with E-state index in [2.05, 4.69) is 26.5 Å². The van der Waals surface area contributed by atoms with Crippen molar-refractivity contribution in [3.8, 4) is 11.5 Å². The van der Waals surface area contributed by atoms with Gasteiger partial charge in [0.05, 0.1) is 24.9 Å². The zero-order valence-corrected chi connectivity index (χ0v) is 18.6. The monoisotopic (exact) mass is 473 g/mol. The Hall–Kier alpha value is -2.87. The Labute approximate surface area is 184 Å². The molecule has 2 aromatic carbocycles. The zero-order chi connectivity index (χ0) is 21.5. The molecule has 1 heterocycles. The van der Waals surface area contributed by atoms with Crippen LogP contribution in [-0.2, 0) is 16.0 Å². The maximum absolute atomic E-state index is 12.6. The highest BCUT2D eigenvalue weighted by atomic mass is 79.9. The molecule has 1 aliphatic rings. The van der Waals surface area contributed by atoms with Crippen molar-refractivity contribution >= 4 is 39.6 Å². The van der Waals surface area contributed by atoms with Gasteiger partial charge in [-0.15, -0.1) is 0 Å². The van der Waals surface area contributed by atoms with E-state index in [0.29, 0.717) is 23.6 Å². The lowest BCUT2D eigenvalue weighted by Gasteiger charge is -2.29. The molecule has 0 radical (unpaired) electrons. The molecule has 8 heteroatoms. The number of anilines is 1. The van der Waals surface area contributed by atoms with Crippen LogP contribution in [0.3, 0.4) is 0 Å². The number of carbonyl (C=O) groups is 2. The molecule has 0 saturated carbocycles. The minimum Gasteiger partial charge on any atom is -0.496 e. The molecule has 2 aromatic rings. The minimum atomic E-state index is -0.323. The Morgan fingerprint density at radius 3 is 2.70 bits per heavy atom. The summed E-state index contributed by atoms with van der Waals surface area (Å²) in [4.78, 5) is 26.5. The van der Waals surface area contributed by atoms with Gasteiger partial charge in [0.2, 0.25) is 11.8 Å². The van der Waals surface area contributed by atoms with Gasteiger partial charge >= 0.3 is 0 Å². The molecule has 0 atom stereocenters. The molecule has 3 rings (SSSR count). The number of carbonyl (C=O) groups excluding carboxylic acids is 2. The molecule has 2 amide bonds. The van der Waals surface area contributed by atoms with Gasteiger partial charge in [0, 0.05) is 36.7 Å². The maximum atomic E-state index is 12.6. The van der Waals surface area contributed by atoms with Crippen LogP contribution in [0.5, 0.6) is 11.5 Å². The van der Waals surface area contributed by atoms with Gasteiger partial charge < -0.3 is 14.4 Å². The molecule has 0 unspecified atom stereocenters. The highest BCUT2D eigenvalue weighted by molar-refractivity contribution is 9.10. The average Bonchev–Trinajstić information content (AvgIpc) is 2.77. The van der Waals surface area contributed by atoms with Crippen LogP contribution in [0.1, 0.15) is 30.4 Å². The largest absolute Gasteiger partial charge is 0.496 e. The standard InChI is InChI=1S/C22H24BrN3O4/c1-29-19-13-20(30-2)17(23)12-16(19)14-24-25-21(27)9-10-22(28)26-11-5-7-15-6-3-4-8-18(15)26/h3-4,6,8,12-14H,5,7,9-11H2,1-2H3,(H,25,27). The molecule has 0 bridgehead atoms. The van der Waals surface area contributed by atoms with Crippen molar-refractivity contribution < 1.29 is 19.1 Å². The van der Waals surface area contributed by atoms with E-state index in [1.54, 1.807) is 31.3 Å². The number of aryl methyl sites for hydroxylation is 1. The van der Waals surface area contributed by atoms with Gasteiger partial charge in [-0.05, 0) is 46.5 Å². The van der Waals surface area contributed by atoms with E-state index in [9.17, 15) is 9.59 Å². The van der Waals surface area contributed by atoms with Crippen molar-refractivity contribution in [2.24, 2.45) is 5.10 Å². The highest BCUT2D eigenvalue weighted by Gasteiger charge is 2.22. The molecule has 0 aliphatic carbocycles. The number of hydrazone groups is 1. The number of amides is 2. The van der Waals surface area contributed by atoms with Crippen LogP contribution in [0.25, 0.3) is 0 Å². The van der Waals surface area contributed by atoms with Crippen LogP contribution < -0.4 is 19.8 Å². The van der Waals surface area contributed by atoms with E-state index in [4.69, 9.17) is 9.47 Å². The van der Waals surface area contributed by atoms with Gasteiger partial charge in [0.1, 0.15) is 11.5 Å². The minimum absolute atomic E-state index is 0.0537. The van der Waals surface area contributed by atoms with E-state index in [1.165, 1.54) is 11.8 Å². The van der Waals surface area contributed by atoms with Gasteiger partial charge in [-0.2, -0.15) is 5.10 Å². The molecule has 1 N–H and O–H groups in total. The van der Waals surface area contributed by atoms with Crippen molar-refractivity contribution in [1.29, 1.82) is 0 Å². The Morgan fingerprint density at radius 1 is 1.17 bits per heavy atom. The number of methoxy groups -OCH3 is 2. The Bertz CT molecular complexity index is 961. The predicted octanol–water partition coefficient (Wildman–Crippen LogP) is 3.68. The summed E-state index contributed by atoms with van der Waals surface area (Å²) in [5, 5.41) is 3.98. The number of halogens is 1. The number of fused-ring (bicyclic) bond motifs is 1. The number of benzene rings is 2. The zero-order valence-electron chi connectivity index (χ0n) is 17.0. The summed E-state index contributed by atoms with van der Waals surface area (Å²) in [6, 6.07) is 11.4. The van der Waals surface area contributed by atoms with Crippen LogP contribution >= 0.6 is 15.9 Å². The molecule has 0 saturated heterocycles. The third-order valence-electron chi connectivity index (χ3n) is 4.87. The quantitative estimate of drug-likeness (QED) is 0.491. The van der Waals surface area contributed by atoms with Crippen LogP contribution in [-0.4, -0.2) is 38.8 Å². The summed E-state index contributed by atoms with van der Waals surface area (Å²) in [6.07, 6.45) is 3.59. The third kappa shape index (κ3) is 5.18. The Balaban J connectivity index is 1.55. The van der Waals surface area contributed by atoms with Crippen LogP contribution in [0.4, 0.5) is 5.69 Å². The van der Waals surface area contributed by atoms with Gasteiger partial charge in [-0.3, -0.25) is 9.59 Å². The second kappa shape index (κ2) is 10.2. The van der Waals surface area contributed by atoms with Crippen LogP contribution in [0.15, 0.2) is 46.0 Å². The first-order chi connectivity index (χ1) is 14.5. The second-order valence-electron chi connectivity index (χ2n) is 6.80. The lowest BCUT2D eigenvalue weighted by Crippen LogP contribution is -2.36. The summed E-state index contributed by atoms with van der Waals surface area (Å²) >= 11 is 3.41. The molecule has 158 valence electrons. The summed E-state index contributed by atoms with van der Waals surface area (Å²) in [5.41, 5.74) is 5.26. The topological polar surface area (TPSA) is 80.2 Å². The van der Waals surface area contributed by atoms with Crippen molar-refractivity contribution in [2.75, 3.05) is 25.7 Å². The highest BCUT2D eigenvalue weighted by Crippen LogP contribution is 2.32. The Kier molecular flexibility index (Phi) is 7.46. The van der Waals surface area contributed by atoms with Gasteiger partial charge in [-0.1, -0.05) is 18.2 Å². The first-order valence-corrected chi connectivity index (χ1v) is 10.4. The van der Waals surface area contributed by atoms with Crippen LogP contribution in [0, 0.1) is 0 Å². The lowest BCUT2D eigenvalue weighted by molar-refractivity contribution is -0.125. The second-order valence-corrected chi connectivity index (χ2v) is 7.65. The first kappa shape index (κ1) is 21.8. The number of nitrogens with zero attached hydrogens (tertiary/aromatic N) is 2. The van der Waals surface area contributed by atoms with E-state index in [1.807, 2.05) is 24.3 Å². The van der Waals surface area contributed by atoms with E-state index in [-0.39, 0.29) is 24.7 Å². The maximum Gasteiger partial charge on any atom is 0.240 e. The first-order valence-electron chi connectivity index (χ1n) is 9.65. The smallest absolute Gasteiger partial charge is 0.240 e. The summed E-state index contributed by atoms with van der Waals surface area (Å²) < 4.78 is 11.3. The Morgan fingerprint density at radius 2 is 1.93 bits per heavy atom. The molecule has 30 heavy (non-hydrogen) atoms. The molecule has 0 fully saturated rings. The number of nitrogens with one attached hydrogen (secondary N) is 1. The average molecular weight is 474 g/mol. The number of hydrogen-bond acceptors (Lipinski definition) is 5. The summed E-state index contributed by atoms with van der Waals surface area (Å²) in [5.74, 6) is 0.816. The molecular weight excluding hydrogens is 450 g/mol. The van der Waals surface area contributed by atoms with E-state index < -0.39 is 0 Å². The van der Waals surface area contributed by atoms with Gasteiger partial charge in [0.25, 0.3) is 0 Å². The van der Waals surface area contributed by atoms with Gasteiger partial charge in [0.15, 0.2) is 0 Å². The van der Waals surface area contributed by atoms with E-state index >= 15 is 0 Å². The molecule has 0 aromatic heterocycles. The fourth-order valence-corrected chi connectivity index (χ4v) is 3.88.